The normalized spacial score (nSPS) is 14.7. The van der Waals surface area contributed by atoms with Crippen molar-refractivity contribution < 1.29 is 9.53 Å². The van der Waals surface area contributed by atoms with Crippen molar-refractivity contribution in [3.8, 4) is 5.75 Å². The number of hydrogen-bond acceptors (Lipinski definition) is 4. The summed E-state index contributed by atoms with van der Waals surface area (Å²) in [5.74, 6) is 1.88. The highest BCUT2D eigenvalue weighted by Crippen LogP contribution is 2.30. The highest BCUT2D eigenvalue weighted by molar-refractivity contribution is 8.14. The van der Waals surface area contributed by atoms with Crippen molar-refractivity contribution in [1.29, 1.82) is 0 Å². The summed E-state index contributed by atoms with van der Waals surface area (Å²) in [7, 11) is 0. The minimum Gasteiger partial charge on any atom is -0.493 e. The highest BCUT2D eigenvalue weighted by Gasteiger charge is 2.31. The fraction of sp³-hybridized carbons (Fsp3) is 0.241. The summed E-state index contributed by atoms with van der Waals surface area (Å²) in [6, 6.07) is 24.3. The molecule has 0 saturated heterocycles. The second-order valence-corrected chi connectivity index (χ2v) is 9.79. The third-order valence-electron chi connectivity index (χ3n) is 5.63. The van der Waals surface area contributed by atoms with Gasteiger partial charge in [-0.3, -0.25) is 9.69 Å². The molecule has 1 aliphatic rings. The number of ether oxygens (including phenoxy) is 1. The Kier molecular flexibility index (Phi) is 7.53. The number of anilines is 1. The van der Waals surface area contributed by atoms with E-state index in [2.05, 4.69) is 32.9 Å². The van der Waals surface area contributed by atoms with Crippen LogP contribution >= 0.6 is 11.8 Å². The van der Waals surface area contributed by atoms with E-state index in [4.69, 9.17) is 9.73 Å². The molecule has 4 rings (SSSR count). The van der Waals surface area contributed by atoms with E-state index in [0.29, 0.717) is 29.1 Å². The first-order valence-electron chi connectivity index (χ1n) is 11.5. The molecule has 174 valence electrons. The van der Waals surface area contributed by atoms with Gasteiger partial charge in [-0.25, -0.2) is 4.99 Å². The van der Waals surface area contributed by atoms with Gasteiger partial charge in [0.1, 0.15) is 11.4 Å². The molecule has 5 heteroatoms. The summed E-state index contributed by atoms with van der Waals surface area (Å²) < 4.78 is 5.86. The number of carbonyl (C=O) groups is 1. The molecule has 0 aromatic heterocycles. The van der Waals surface area contributed by atoms with Crippen molar-refractivity contribution in [2.24, 2.45) is 4.99 Å². The number of amidine groups is 1. The molecule has 0 bridgehead atoms. The smallest absolute Gasteiger partial charge is 0.283 e. The highest BCUT2D eigenvalue weighted by atomic mass is 32.2. The minimum atomic E-state index is -0.112. The lowest BCUT2D eigenvalue weighted by atomic mass is 10.0. The third-order valence-corrected chi connectivity index (χ3v) is 6.54. The maximum absolute atomic E-state index is 13.4. The zero-order chi connectivity index (χ0) is 24.1. The Morgan fingerprint density at radius 3 is 2.15 bits per heavy atom. The Hall–Kier alpha value is -3.31. The van der Waals surface area contributed by atoms with E-state index in [0.717, 1.165) is 22.6 Å². The van der Waals surface area contributed by atoms with Crippen molar-refractivity contribution in [3.05, 3.63) is 101 Å². The second-order valence-electron chi connectivity index (χ2n) is 8.73. The van der Waals surface area contributed by atoms with Crippen molar-refractivity contribution >= 4 is 34.6 Å². The van der Waals surface area contributed by atoms with Gasteiger partial charge in [0.25, 0.3) is 5.91 Å². The van der Waals surface area contributed by atoms with Crippen LogP contribution in [-0.2, 0) is 4.79 Å². The van der Waals surface area contributed by atoms with E-state index < -0.39 is 0 Å². The van der Waals surface area contributed by atoms with Crippen LogP contribution in [0.5, 0.6) is 5.75 Å². The topological polar surface area (TPSA) is 41.9 Å². The summed E-state index contributed by atoms with van der Waals surface area (Å²) in [6.45, 7) is 8.96. The van der Waals surface area contributed by atoms with E-state index >= 15 is 0 Å². The number of carbonyl (C=O) groups excluding carboxylic acids is 1. The molecule has 1 aliphatic heterocycles. The lowest BCUT2D eigenvalue weighted by Crippen LogP contribution is -2.30. The number of nitrogens with zero attached hydrogens (tertiary/aromatic N) is 2. The molecule has 0 unspecified atom stereocenters. The SMILES string of the molecule is Cc1ccc(OCCSC2=NC(=Cc3ccc(C(C)C)cc3)C(=O)N2c2ccc(C)cc2)cc1. The van der Waals surface area contributed by atoms with Gasteiger partial charge in [-0.15, -0.1) is 0 Å². The molecule has 3 aromatic rings. The molecule has 34 heavy (non-hydrogen) atoms. The number of hydrogen-bond donors (Lipinski definition) is 0. The van der Waals surface area contributed by atoms with Crippen LogP contribution in [0.3, 0.4) is 0 Å². The molecular formula is C29H30N2O2S. The zero-order valence-electron chi connectivity index (χ0n) is 20.1. The van der Waals surface area contributed by atoms with E-state index in [1.807, 2.05) is 73.7 Å². The Morgan fingerprint density at radius 1 is 0.912 bits per heavy atom. The van der Waals surface area contributed by atoms with Crippen LogP contribution in [0.2, 0.25) is 0 Å². The van der Waals surface area contributed by atoms with Crippen molar-refractivity contribution in [3.63, 3.8) is 0 Å². The number of aliphatic imine (C=N–C) groups is 1. The number of thioether (sulfide) groups is 1. The summed E-state index contributed by atoms with van der Waals surface area (Å²) >= 11 is 1.53. The number of rotatable bonds is 7. The first-order valence-corrected chi connectivity index (χ1v) is 12.5. The van der Waals surface area contributed by atoms with Crippen LogP contribution in [-0.4, -0.2) is 23.4 Å². The molecule has 3 aromatic carbocycles. The summed E-state index contributed by atoms with van der Waals surface area (Å²) in [5, 5.41) is 0.673. The Labute approximate surface area is 206 Å². The largest absolute Gasteiger partial charge is 0.493 e. The summed E-state index contributed by atoms with van der Waals surface area (Å²) in [4.78, 5) is 19.8. The molecule has 0 fully saturated rings. The van der Waals surface area contributed by atoms with Gasteiger partial charge in [0.05, 0.1) is 12.3 Å². The quantitative estimate of drug-likeness (QED) is 0.276. The number of aryl methyl sites for hydroxylation is 2. The molecule has 1 amide bonds. The Bertz CT molecular complexity index is 1190. The van der Waals surface area contributed by atoms with Gasteiger partial charge >= 0.3 is 0 Å². The molecule has 0 aliphatic carbocycles. The predicted octanol–water partition coefficient (Wildman–Crippen LogP) is 6.98. The van der Waals surface area contributed by atoms with Crippen LogP contribution in [0.25, 0.3) is 6.08 Å². The Balaban J connectivity index is 1.52. The van der Waals surface area contributed by atoms with Crippen molar-refractivity contribution in [2.45, 2.75) is 33.6 Å². The second kappa shape index (κ2) is 10.7. The first kappa shape index (κ1) is 23.8. The monoisotopic (exact) mass is 470 g/mol. The summed E-state index contributed by atoms with van der Waals surface area (Å²) in [6.07, 6.45) is 1.87. The third kappa shape index (κ3) is 5.78. The molecule has 0 saturated carbocycles. The minimum absolute atomic E-state index is 0.112. The Morgan fingerprint density at radius 2 is 1.53 bits per heavy atom. The average molecular weight is 471 g/mol. The van der Waals surface area contributed by atoms with Gasteiger partial charge in [-0.05, 0) is 61.2 Å². The fourth-order valence-corrected chi connectivity index (χ4v) is 4.41. The van der Waals surface area contributed by atoms with Gasteiger partial charge in [0.15, 0.2) is 5.17 Å². The number of amides is 1. The van der Waals surface area contributed by atoms with Gasteiger partial charge < -0.3 is 4.74 Å². The van der Waals surface area contributed by atoms with Crippen LogP contribution in [0.4, 0.5) is 5.69 Å². The maximum atomic E-state index is 13.4. The first-order chi connectivity index (χ1) is 16.4. The van der Waals surface area contributed by atoms with Gasteiger partial charge in [0.2, 0.25) is 0 Å². The molecule has 0 N–H and O–H groups in total. The lowest BCUT2D eigenvalue weighted by molar-refractivity contribution is -0.113. The lowest BCUT2D eigenvalue weighted by Gasteiger charge is -2.18. The van der Waals surface area contributed by atoms with Gasteiger partial charge in [0, 0.05) is 5.75 Å². The van der Waals surface area contributed by atoms with E-state index in [9.17, 15) is 4.79 Å². The standard InChI is InChI=1S/C29H30N2O2S/c1-20(2)24-11-9-23(10-12-24)19-27-28(32)31(25-13-5-21(3)6-14-25)29(30-27)34-18-17-33-26-15-7-22(4)8-16-26/h5-16,19-20H,17-18H2,1-4H3. The van der Waals surface area contributed by atoms with E-state index in [1.54, 1.807) is 4.90 Å². The van der Waals surface area contributed by atoms with Crippen LogP contribution in [0, 0.1) is 13.8 Å². The van der Waals surface area contributed by atoms with Crippen LogP contribution < -0.4 is 9.64 Å². The molecule has 0 atom stereocenters. The van der Waals surface area contributed by atoms with Crippen molar-refractivity contribution in [2.75, 3.05) is 17.3 Å². The van der Waals surface area contributed by atoms with Crippen LogP contribution in [0.15, 0.2) is 83.5 Å². The molecule has 0 radical (unpaired) electrons. The van der Waals surface area contributed by atoms with Crippen molar-refractivity contribution in [1.82, 2.24) is 0 Å². The number of benzene rings is 3. The molecule has 0 spiro atoms. The summed E-state index contributed by atoms with van der Waals surface area (Å²) in [5.41, 5.74) is 5.85. The van der Waals surface area contributed by atoms with E-state index in [-0.39, 0.29) is 5.91 Å². The molecular weight excluding hydrogens is 440 g/mol. The maximum Gasteiger partial charge on any atom is 0.283 e. The predicted molar refractivity (Wildman–Crippen MR) is 144 cm³/mol. The zero-order valence-corrected chi connectivity index (χ0v) is 20.9. The molecule has 1 heterocycles. The fourth-order valence-electron chi connectivity index (χ4n) is 3.58. The van der Waals surface area contributed by atoms with Gasteiger partial charge in [-0.2, -0.15) is 0 Å². The van der Waals surface area contributed by atoms with Gasteiger partial charge in [-0.1, -0.05) is 85.3 Å². The average Bonchev–Trinajstić information content (AvgIpc) is 3.13. The van der Waals surface area contributed by atoms with E-state index in [1.165, 1.54) is 22.9 Å². The van der Waals surface area contributed by atoms with Crippen LogP contribution in [0.1, 0.15) is 42.0 Å². The molecule has 4 nitrogen and oxygen atoms in total.